The lowest BCUT2D eigenvalue weighted by Crippen LogP contribution is -2.12. The van der Waals surface area contributed by atoms with Gasteiger partial charge in [0.05, 0.1) is 0 Å². The number of para-hydroxylation sites is 1. The molecule has 0 radical (unpaired) electrons. The zero-order valence-corrected chi connectivity index (χ0v) is 9.55. The van der Waals surface area contributed by atoms with E-state index in [1.165, 1.54) is 6.07 Å². The van der Waals surface area contributed by atoms with Gasteiger partial charge in [-0.05, 0) is 31.7 Å². The van der Waals surface area contributed by atoms with Crippen LogP contribution in [0.25, 0.3) is 10.9 Å². The third-order valence-electron chi connectivity index (χ3n) is 2.70. The van der Waals surface area contributed by atoms with Gasteiger partial charge in [0, 0.05) is 24.0 Å². The monoisotopic (exact) mass is 218 g/mol. The van der Waals surface area contributed by atoms with Crippen molar-refractivity contribution in [3.8, 4) is 0 Å². The maximum absolute atomic E-state index is 13.5. The molecule has 0 aliphatic rings. The number of likely N-dealkylation sites (N-methyl/N-ethyl adjacent to an activating group) is 1. The number of pyridine rings is 1. The Morgan fingerprint density at radius 2 is 2.19 bits per heavy atom. The van der Waals surface area contributed by atoms with Crippen molar-refractivity contribution in [1.29, 1.82) is 0 Å². The molecule has 0 aliphatic carbocycles. The Bertz CT molecular complexity index is 509. The first-order valence-electron chi connectivity index (χ1n) is 5.41. The third-order valence-corrected chi connectivity index (χ3v) is 2.70. The third kappa shape index (κ3) is 2.04. The molecule has 2 nitrogen and oxygen atoms in total. The Balaban J connectivity index is 2.51. The average molecular weight is 218 g/mol. The minimum atomic E-state index is -0.247. The van der Waals surface area contributed by atoms with Crippen LogP contribution in [0.4, 0.5) is 4.39 Å². The van der Waals surface area contributed by atoms with Gasteiger partial charge in [0.25, 0.3) is 0 Å². The first-order valence-corrected chi connectivity index (χ1v) is 5.41. The van der Waals surface area contributed by atoms with Gasteiger partial charge in [-0.2, -0.15) is 0 Å². The van der Waals surface area contributed by atoms with Crippen LogP contribution in [0.2, 0.25) is 0 Å². The van der Waals surface area contributed by atoms with Crippen LogP contribution in [-0.2, 0) is 6.42 Å². The molecule has 0 aliphatic heterocycles. The van der Waals surface area contributed by atoms with Crippen molar-refractivity contribution in [2.75, 3.05) is 13.6 Å². The second-order valence-corrected chi connectivity index (χ2v) is 3.92. The van der Waals surface area contributed by atoms with E-state index in [2.05, 4.69) is 10.3 Å². The number of nitrogens with one attached hydrogen (secondary N) is 1. The van der Waals surface area contributed by atoms with E-state index in [0.717, 1.165) is 29.6 Å². The number of rotatable bonds is 3. The van der Waals surface area contributed by atoms with E-state index in [9.17, 15) is 4.39 Å². The summed E-state index contributed by atoms with van der Waals surface area (Å²) < 4.78 is 13.5. The molecule has 0 fully saturated rings. The summed E-state index contributed by atoms with van der Waals surface area (Å²) in [6.45, 7) is 2.87. The first kappa shape index (κ1) is 11.0. The van der Waals surface area contributed by atoms with Gasteiger partial charge in [-0.15, -0.1) is 0 Å². The zero-order chi connectivity index (χ0) is 11.5. The summed E-state index contributed by atoms with van der Waals surface area (Å²) in [7, 11) is 1.90. The van der Waals surface area contributed by atoms with Crippen LogP contribution in [-0.4, -0.2) is 18.6 Å². The summed E-state index contributed by atoms with van der Waals surface area (Å²) in [5.74, 6) is -0.247. The van der Waals surface area contributed by atoms with Gasteiger partial charge in [0.15, 0.2) is 0 Å². The van der Waals surface area contributed by atoms with Gasteiger partial charge in [-0.25, -0.2) is 9.37 Å². The number of benzene rings is 1. The van der Waals surface area contributed by atoms with Crippen molar-refractivity contribution < 1.29 is 4.39 Å². The molecule has 0 unspecified atom stereocenters. The molecule has 1 heterocycles. The van der Waals surface area contributed by atoms with Crippen LogP contribution in [0, 0.1) is 12.7 Å². The smallest absolute Gasteiger partial charge is 0.149 e. The van der Waals surface area contributed by atoms with E-state index in [1.54, 1.807) is 6.07 Å². The predicted molar refractivity (Wildman–Crippen MR) is 64.1 cm³/mol. The van der Waals surface area contributed by atoms with Gasteiger partial charge in [-0.3, -0.25) is 0 Å². The Morgan fingerprint density at radius 3 is 2.94 bits per heavy atom. The van der Waals surface area contributed by atoms with Gasteiger partial charge in [-0.1, -0.05) is 12.1 Å². The standard InChI is InChI=1S/C13H15FN2/c1-9-8-10-4-3-5-11(14)13(10)16-12(9)6-7-15-2/h3-5,8,15H,6-7H2,1-2H3. The fourth-order valence-electron chi connectivity index (χ4n) is 1.80. The van der Waals surface area contributed by atoms with Crippen molar-refractivity contribution in [1.82, 2.24) is 10.3 Å². The average Bonchev–Trinajstić information content (AvgIpc) is 2.27. The Morgan fingerprint density at radius 1 is 1.38 bits per heavy atom. The van der Waals surface area contributed by atoms with Gasteiger partial charge in [0.1, 0.15) is 11.3 Å². The summed E-state index contributed by atoms with van der Waals surface area (Å²) in [5, 5.41) is 3.94. The zero-order valence-electron chi connectivity index (χ0n) is 9.55. The largest absolute Gasteiger partial charge is 0.319 e. The number of fused-ring (bicyclic) bond motifs is 1. The molecule has 2 aromatic rings. The maximum atomic E-state index is 13.5. The summed E-state index contributed by atoms with van der Waals surface area (Å²) >= 11 is 0. The topological polar surface area (TPSA) is 24.9 Å². The minimum absolute atomic E-state index is 0.247. The van der Waals surface area contributed by atoms with Crippen LogP contribution in [0.15, 0.2) is 24.3 Å². The van der Waals surface area contributed by atoms with Crippen LogP contribution in [0.5, 0.6) is 0 Å². The number of aromatic nitrogens is 1. The van der Waals surface area contributed by atoms with E-state index in [1.807, 2.05) is 26.1 Å². The van der Waals surface area contributed by atoms with Crippen LogP contribution >= 0.6 is 0 Å². The van der Waals surface area contributed by atoms with Gasteiger partial charge >= 0.3 is 0 Å². The summed E-state index contributed by atoms with van der Waals surface area (Å²) in [4.78, 5) is 4.40. The highest BCUT2D eigenvalue weighted by Gasteiger charge is 2.06. The number of halogens is 1. The number of aryl methyl sites for hydroxylation is 1. The molecule has 0 atom stereocenters. The van der Waals surface area contributed by atoms with E-state index in [4.69, 9.17) is 0 Å². The number of nitrogens with zero attached hydrogens (tertiary/aromatic N) is 1. The van der Waals surface area contributed by atoms with Gasteiger partial charge < -0.3 is 5.32 Å². The fraction of sp³-hybridized carbons (Fsp3) is 0.308. The van der Waals surface area contributed by atoms with Crippen LogP contribution in [0.3, 0.4) is 0 Å². The van der Waals surface area contributed by atoms with E-state index in [-0.39, 0.29) is 5.82 Å². The summed E-state index contributed by atoms with van der Waals surface area (Å²) in [6, 6.07) is 7.05. The highest BCUT2D eigenvalue weighted by molar-refractivity contribution is 5.80. The normalized spacial score (nSPS) is 10.9. The number of hydrogen-bond donors (Lipinski definition) is 1. The summed E-state index contributed by atoms with van der Waals surface area (Å²) in [6.07, 6.45) is 0.826. The molecule has 1 N–H and O–H groups in total. The number of hydrogen-bond acceptors (Lipinski definition) is 2. The van der Waals surface area contributed by atoms with Crippen LogP contribution in [0.1, 0.15) is 11.3 Å². The minimum Gasteiger partial charge on any atom is -0.319 e. The highest BCUT2D eigenvalue weighted by atomic mass is 19.1. The SMILES string of the molecule is CNCCc1nc2c(F)cccc2cc1C. The molecule has 2 rings (SSSR count). The fourth-order valence-corrected chi connectivity index (χ4v) is 1.80. The van der Waals surface area contributed by atoms with Crippen molar-refractivity contribution in [2.24, 2.45) is 0 Å². The second kappa shape index (κ2) is 4.58. The first-order chi connectivity index (χ1) is 7.72. The van der Waals surface area contributed by atoms with Gasteiger partial charge in [0.2, 0.25) is 0 Å². The molecule has 84 valence electrons. The maximum Gasteiger partial charge on any atom is 0.149 e. The molecular formula is C13H15FN2. The summed E-state index contributed by atoms with van der Waals surface area (Å²) in [5.41, 5.74) is 2.56. The molecule has 3 heteroatoms. The van der Waals surface area contributed by atoms with Crippen molar-refractivity contribution in [3.05, 3.63) is 41.3 Å². The van der Waals surface area contributed by atoms with E-state index < -0.39 is 0 Å². The van der Waals surface area contributed by atoms with Crippen LogP contribution < -0.4 is 5.32 Å². The molecular weight excluding hydrogens is 203 g/mol. The lowest BCUT2D eigenvalue weighted by Gasteiger charge is -2.07. The van der Waals surface area contributed by atoms with Crippen molar-refractivity contribution in [3.63, 3.8) is 0 Å². The quantitative estimate of drug-likeness (QED) is 0.856. The molecule has 16 heavy (non-hydrogen) atoms. The Hall–Kier alpha value is -1.48. The highest BCUT2D eigenvalue weighted by Crippen LogP contribution is 2.19. The molecule has 1 aromatic carbocycles. The molecule has 0 spiro atoms. The van der Waals surface area contributed by atoms with E-state index >= 15 is 0 Å². The second-order valence-electron chi connectivity index (χ2n) is 3.92. The van der Waals surface area contributed by atoms with Crippen molar-refractivity contribution in [2.45, 2.75) is 13.3 Å². The molecule has 1 aromatic heterocycles. The lowest BCUT2D eigenvalue weighted by atomic mass is 10.1. The molecule has 0 amide bonds. The lowest BCUT2D eigenvalue weighted by molar-refractivity contribution is 0.635. The Labute approximate surface area is 94.5 Å². The van der Waals surface area contributed by atoms with E-state index in [0.29, 0.717) is 5.52 Å². The Kier molecular flexibility index (Phi) is 3.15. The molecule has 0 bridgehead atoms. The predicted octanol–water partition coefficient (Wildman–Crippen LogP) is 2.44. The molecule has 0 saturated carbocycles. The van der Waals surface area contributed by atoms with Crippen molar-refractivity contribution >= 4 is 10.9 Å². The molecule has 0 saturated heterocycles.